The minimum absolute atomic E-state index is 0.0274. The molecule has 0 atom stereocenters. The molecule has 0 aromatic carbocycles. The zero-order chi connectivity index (χ0) is 17.4. The van der Waals surface area contributed by atoms with Crippen molar-refractivity contribution < 1.29 is 4.79 Å². The minimum Gasteiger partial charge on any atom is -0.350 e. The molecule has 1 amide bonds. The van der Waals surface area contributed by atoms with Crippen molar-refractivity contribution >= 4 is 23.9 Å². The van der Waals surface area contributed by atoms with Crippen LogP contribution < -0.4 is 5.32 Å². The van der Waals surface area contributed by atoms with Crippen LogP contribution in [0.1, 0.15) is 32.2 Å². The molecule has 0 aliphatic heterocycles. The lowest BCUT2D eigenvalue weighted by atomic mass is 10.1. The Kier molecular flexibility index (Phi) is 4.86. The van der Waals surface area contributed by atoms with Crippen molar-refractivity contribution in [2.75, 3.05) is 13.6 Å². The zero-order valence-electron chi connectivity index (χ0n) is 14.5. The maximum atomic E-state index is 12.0. The van der Waals surface area contributed by atoms with Crippen LogP contribution in [-0.4, -0.2) is 49.1 Å². The van der Waals surface area contributed by atoms with Gasteiger partial charge in [0.1, 0.15) is 0 Å². The van der Waals surface area contributed by atoms with Crippen molar-refractivity contribution in [3.63, 3.8) is 0 Å². The average Bonchev–Trinajstić information content (AvgIpc) is 2.62. The first-order chi connectivity index (χ1) is 10.6. The number of likely N-dealkylation sites (N-methyl/N-ethyl adjacent to an activating group) is 1. The number of hydrogen-bond acceptors (Lipinski definition) is 5. The Bertz CT molecular complexity index is 786. The lowest BCUT2D eigenvalue weighted by Crippen LogP contribution is -2.45. The highest BCUT2D eigenvalue weighted by Gasteiger charge is 2.16. The van der Waals surface area contributed by atoms with E-state index < -0.39 is 0 Å². The summed E-state index contributed by atoms with van der Waals surface area (Å²) in [5.41, 5.74) is 1.66. The highest BCUT2D eigenvalue weighted by atomic mass is 32.1. The molecule has 2 aromatic heterocycles. The molecular formula is C15H24N6OS. The maximum Gasteiger partial charge on any atom is 0.254 e. The molecule has 0 radical (unpaired) electrons. The summed E-state index contributed by atoms with van der Waals surface area (Å²) in [6.45, 7) is 10.5. The molecule has 0 aliphatic rings. The minimum atomic E-state index is -0.240. The summed E-state index contributed by atoms with van der Waals surface area (Å²) in [5.74, 6) is 0.556. The second kappa shape index (κ2) is 6.37. The summed E-state index contributed by atoms with van der Waals surface area (Å²) in [4.78, 5) is 18.3. The number of carbonyl (C=O) groups is 1. The van der Waals surface area contributed by atoms with E-state index in [1.165, 1.54) is 0 Å². The number of aromatic nitrogens is 4. The summed E-state index contributed by atoms with van der Waals surface area (Å²) >= 11 is 5.47. The predicted octanol–water partition coefficient (Wildman–Crippen LogP) is 1.68. The van der Waals surface area contributed by atoms with Gasteiger partial charge >= 0.3 is 0 Å². The summed E-state index contributed by atoms with van der Waals surface area (Å²) in [6, 6.07) is 1.97. The van der Waals surface area contributed by atoms with E-state index in [4.69, 9.17) is 12.2 Å². The molecule has 0 unspecified atom stereocenters. The second-order valence-electron chi connectivity index (χ2n) is 6.91. The number of aryl methyl sites for hydroxylation is 2. The highest BCUT2D eigenvalue weighted by molar-refractivity contribution is 7.71. The molecule has 126 valence electrons. The summed E-state index contributed by atoms with van der Waals surface area (Å²) in [5, 5.41) is 7.39. The SMILES string of the molecule is Cc1cc(C)n2c(=S)n(CN(C)CC(=O)NC(C)(C)C)nc2n1. The van der Waals surface area contributed by atoms with Crippen molar-refractivity contribution in [2.45, 2.75) is 46.8 Å². The molecule has 7 nitrogen and oxygen atoms in total. The highest BCUT2D eigenvalue weighted by Crippen LogP contribution is 2.08. The fraction of sp³-hybridized carbons (Fsp3) is 0.600. The molecule has 8 heteroatoms. The van der Waals surface area contributed by atoms with Gasteiger partial charge in [0.05, 0.1) is 13.2 Å². The van der Waals surface area contributed by atoms with E-state index in [1.807, 2.05) is 57.0 Å². The van der Waals surface area contributed by atoms with Crippen LogP contribution in [0.25, 0.3) is 5.78 Å². The van der Waals surface area contributed by atoms with Gasteiger partial charge in [0.15, 0.2) is 0 Å². The molecule has 2 rings (SSSR count). The fourth-order valence-electron chi connectivity index (χ4n) is 2.41. The van der Waals surface area contributed by atoms with Gasteiger partial charge in [0.2, 0.25) is 10.7 Å². The molecule has 0 fully saturated rings. The lowest BCUT2D eigenvalue weighted by molar-refractivity contribution is -0.123. The largest absolute Gasteiger partial charge is 0.350 e. The van der Waals surface area contributed by atoms with Crippen LogP contribution in [0.4, 0.5) is 0 Å². The monoisotopic (exact) mass is 336 g/mol. The molecule has 2 aromatic rings. The standard InChI is InChI=1S/C15H24N6OS/c1-10-7-11(2)21-13(16-10)18-20(14(21)23)9-19(6)8-12(22)17-15(3,4)5/h7H,8-9H2,1-6H3,(H,17,22). The molecule has 0 bridgehead atoms. The van der Waals surface area contributed by atoms with E-state index in [0.717, 1.165) is 11.4 Å². The normalized spacial score (nSPS) is 12.1. The van der Waals surface area contributed by atoms with Gasteiger partial charge in [0.25, 0.3) is 5.78 Å². The number of fused-ring (bicyclic) bond motifs is 1. The third-order valence-corrected chi connectivity index (χ3v) is 3.57. The lowest BCUT2D eigenvalue weighted by Gasteiger charge is -2.23. The summed E-state index contributed by atoms with van der Waals surface area (Å²) < 4.78 is 4.10. The Labute approximate surface area is 141 Å². The van der Waals surface area contributed by atoms with Crippen LogP contribution >= 0.6 is 12.2 Å². The third kappa shape index (κ3) is 4.35. The second-order valence-corrected chi connectivity index (χ2v) is 7.28. The molecule has 1 N–H and O–H groups in total. The van der Waals surface area contributed by atoms with Crippen molar-refractivity contribution in [1.82, 2.24) is 29.4 Å². The van der Waals surface area contributed by atoms with E-state index in [1.54, 1.807) is 4.68 Å². The van der Waals surface area contributed by atoms with E-state index in [-0.39, 0.29) is 18.0 Å². The molecular weight excluding hydrogens is 312 g/mol. The topological polar surface area (TPSA) is 67.5 Å². The number of nitrogens with one attached hydrogen (secondary N) is 1. The quantitative estimate of drug-likeness (QED) is 0.861. The predicted molar refractivity (Wildman–Crippen MR) is 91.8 cm³/mol. The van der Waals surface area contributed by atoms with Gasteiger partial charge in [-0.25, -0.2) is 9.67 Å². The number of nitrogens with zero attached hydrogens (tertiary/aromatic N) is 5. The summed E-state index contributed by atoms with van der Waals surface area (Å²) in [6.07, 6.45) is 0. The van der Waals surface area contributed by atoms with Crippen LogP contribution in [0.15, 0.2) is 6.07 Å². The van der Waals surface area contributed by atoms with Crippen molar-refractivity contribution in [2.24, 2.45) is 0 Å². The van der Waals surface area contributed by atoms with E-state index >= 15 is 0 Å². The number of rotatable bonds is 4. The van der Waals surface area contributed by atoms with Crippen molar-refractivity contribution in [3.05, 3.63) is 22.2 Å². The molecule has 23 heavy (non-hydrogen) atoms. The van der Waals surface area contributed by atoms with Crippen LogP contribution in [0.2, 0.25) is 0 Å². The van der Waals surface area contributed by atoms with Gasteiger partial charge in [-0.15, -0.1) is 5.10 Å². The average molecular weight is 336 g/mol. The van der Waals surface area contributed by atoms with E-state index in [9.17, 15) is 4.79 Å². The molecule has 0 spiro atoms. The smallest absolute Gasteiger partial charge is 0.254 e. The third-order valence-electron chi connectivity index (χ3n) is 3.17. The van der Waals surface area contributed by atoms with Gasteiger partial charge in [0, 0.05) is 16.9 Å². The Morgan fingerprint density at radius 2 is 2.04 bits per heavy atom. The fourth-order valence-corrected chi connectivity index (χ4v) is 2.73. The first-order valence-corrected chi connectivity index (χ1v) is 7.91. The van der Waals surface area contributed by atoms with Gasteiger partial charge < -0.3 is 5.32 Å². The Morgan fingerprint density at radius 3 is 2.65 bits per heavy atom. The van der Waals surface area contributed by atoms with Crippen LogP contribution in [-0.2, 0) is 11.5 Å². The first kappa shape index (κ1) is 17.6. The van der Waals surface area contributed by atoms with Crippen molar-refractivity contribution in [1.29, 1.82) is 0 Å². The molecule has 0 aliphatic carbocycles. The molecule has 0 saturated carbocycles. The maximum absolute atomic E-state index is 12.0. The zero-order valence-corrected chi connectivity index (χ0v) is 15.4. The summed E-state index contributed by atoms with van der Waals surface area (Å²) in [7, 11) is 1.86. The van der Waals surface area contributed by atoms with Crippen LogP contribution in [0.3, 0.4) is 0 Å². The van der Waals surface area contributed by atoms with E-state index in [2.05, 4.69) is 15.4 Å². The number of hydrogen-bond donors (Lipinski definition) is 1. The van der Waals surface area contributed by atoms with Crippen LogP contribution in [0, 0.1) is 18.6 Å². The number of carbonyl (C=O) groups excluding carboxylic acids is 1. The van der Waals surface area contributed by atoms with Crippen LogP contribution in [0.5, 0.6) is 0 Å². The Hall–Kier alpha value is -1.80. The van der Waals surface area contributed by atoms with Gasteiger partial charge in [-0.2, -0.15) is 0 Å². The Balaban J connectivity index is 2.16. The van der Waals surface area contributed by atoms with E-state index in [0.29, 0.717) is 17.2 Å². The van der Waals surface area contributed by atoms with Gasteiger partial charge in [-0.1, -0.05) is 0 Å². The molecule has 0 saturated heterocycles. The van der Waals surface area contributed by atoms with Gasteiger partial charge in [-0.3, -0.25) is 14.1 Å². The first-order valence-electron chi connectivity index (χ1n) is 7.50. The Morgan fingerprint density at radius 1 is 1.39 bits per heavy atom. The van der Waals surface area contributed by atoms with Gasteiger partial charge in [-0.05, 0) is 60.0 Å². The molecule has 2 heterocycles. The van der Waals surface area contributed by atoms with Crippen molar-refractivity contribution in [3.8, 4) is 0 Å². The number of amides is 1.